The fourth-order valence-corrected chi connectivity index (χ4v) is 2.73. The van der Waals surface area contributed by atoms with Crippen molar-refractivity contribution >= 4 is 45.5 Å². The van der Waals surface area contributed by atoms with Crippen molar-refractivity contribution in [2.75, 3.05) is 11.1 Å². The summed E-state index contributed by atoms with van der Waals surface area (Å²) in [5, 5.41) is 20.8. The maximum atomic E-state index is 8.46. The molecule has 2 rings (SSSR count). The van der Waals surface area contributed by atoms with Crippen LogP contribution < -0.4 is 5.32 Å². The molecule has 0 spiro atoms. The van der Waals surface area contributed by atoms with Crippen LogP contribution in [0.25, 0.3) is 0 Å². The van der Waals surface area contributed by atoms with Gasteiger partial charge in [0.05, 0.1) is 11.8 Å². The van der Waals surface area contributed by atoms with Crippen molar-refractivity contribution < 1.29 is 0 Å². The van der Waals surface area contributed by atoms with Crippen molar-refractivity contribution in [2.24, 2.45) is 0 Å². The molecule has 1 aromatic heterocycles. The summed E-state index contributed by atoms with van der Waals surface area (Å²) < 4.78 is 0.774. The van der Waals surface area contributed by atoms with Crippen LogP contribution >= 0.6 is 34.7 Å². The first kappa shape index (κ1) is 12.2. The van der Waals surface area contributed by atoms with Gasteiger partial charge in [-0.1, -0.05) is 40.8 Å². The summed E-state index contributed by atoms with van der Waals surface area (Å²) in [6, 6.07) is 9.42. The van der Waals surface area contributed by atoms with Crippen molar-refractivity contribution in [1.29, 1.82) is 5.26 Å². The highest BCUT2D eigenvalue weighted by molar-refractivity contribution is 8.01. The molecule has 0 amide bonds. The fourth-order valence-electron chi connectivity index (χ4n) is 1.10. The molecule has 0 aliphatic carbocycles. The molecule has 7 heteroatoms. The molecule has 4 nitrogen and oxygen atoms in total. The topological polar surface area (TPSA) is 61.6 Å². The molecule has 0 saturated carbocycles. The van der Waals surface area contributed by atoms with Gasteiger partial charge in [-0.05, 0) is 18.2 Å². The van der Waals surface area contributed by atoms with Crippen molar-refractivity contribution in [1.82, 2.24) is 10.2 Å². The second kappa shape index (κ2) is 5.87. The minimum absolute atomic E-state index is 0.381. The zero-order chi connectivity index (χ0) is 12.1. The third-order valence-corrected chi connectivity index (χ3v) is 3.82. The number of hydrogen-bond acceptors (Lipinski definition) is 6. The van der Waals surface area contributed by atoms with Gasteiger partial charge in [-0.25, -0.2) is 0 Å². The second-order valence-electron chi connectivity index (χ2n) is 2.96. The maximum absolute atomic E-state index is 8.46. The van der Waals surface area contributed by atoms with E-state index in [1.165, 1.54) is 23.1 Å². The molecule has 0 atom stereocenters. The summed E-state index contributed by atoms with van der Waals surface area (Å²) >= 11 is 8.65. The van der Waals surface area contributed by atoms with Crippen LogP contribution in [0, 0.1) is 11.3 Å². The lowest BCUT2D eigenvalue weighted by atomic mass is 10.3. The molecule has 0 saturated heterocycles. The average molecular weight is 283 g/mol. The quantitative estimate of drug-likeness (QED) is 0.869. The number of rotatable bonds is 4. The Bertz CT molecular complexity index is 549. The van der Waals surface area contributed by atoms with Crippen molar-refractivity contribution in [3.8, 4) is 6.07 Å². The van der Waals surface area contributed by atoms with E-state index in [0.29, 0.717) is 15.9 Å². The van der Waals surface area contributed by atoms with Crippen LogP contribution in [0.3, 0.4) is 0 Å². The minimum Gasteiger partial charge on any atom is -0.330 e. The molecule has 0 aliphatic heterocycles. The lowest BCUT2D eigenvalue weighted by Gasteiger charge is -2.00. The van der Waals surface area contributed by atoms with E-state index in [-0.39, 0.29) is 0 Å². The molecule has 0 fully saturated rings. The van der Waals surface area contributed by atoms with Crippen LogP contribution in [0.15, 0.2) is 28.6 Å². The first-order chi connectivity index (χ1) is 8.28. The molecule has 1 N–H and O–H groups in total. The fraction of sp³-hybridized carbons (Fsp3) is 0.100. The van der Waals surface area contributed by atoms with Crippen LogP contribution in [-0.4, -0.2) is 16.0 Å². The van der Waals surface area contributed by atoms with Gasteiger partial charge in [0.15, 0.2) is 4.34 Å². The molecular weight excluding hydrogens is 276 g/mol. The standard InChI is InChI=1S/C10H7ClN4S2/c11-7-2-1-3-8(6-7)13-9-14-15-10(17-9)16-5-4-12/h1-3,6H,5H2,(H,13,14). The van der Waals surface area contributed by atoms with E-state index in [0.717, 1.165) is 10.0 Å². The molecule has 2 aromatic rings. The van der Waals surface area contributed by atoms with E-state index < -0.39 is 0 Å². The number of thioether (sulfide) groups is 1. The van der Waals surface area contributed by atoms with Crippen LogP contribution in [0.1, 0.15) is 0 Å². The van der Waals surface area contributed by atoms with E-state index in [9.17, 15) is 0 Å². The number of nitrogens with one attached hydrogen (secondary N) is 1. The minimum atomic E-state index is 0.381. The third kappa shape index (κ3) is 3.60. The Morgan fingerprint density at radius 3 is 3.12 bits per heavy atom. The second-order valence-corrected chi connectivity index (χ2v) is 5.59. The van der Waals surface area contributed by atoms with Gasteiger partial charge in [0, 0.05) is 10.7 Å². The van der Waals surface area contributed by atoms with Gasteiger partial charge >= 0.3 is 0 Å². The zero-order valence-corrected chi connectivity index (χ0v) is 10.9. The molecule has 0 unspecified atom stereocenters. The Morgan fingerprint density at radius 2 is 2.35 bits per heavy atom. The Hall–Kier alpha value is -1.29. The summed E-state index contributed by atoms with van der Waals surface area (Å²) in [5.41, 5.74) is 0.866. The zero-order valence-electron chi connectivity index (χ0n) is 8.55. The van der Waals surface area contributed by atoms with E-state index in [1.807, 2.05) is 24.3 Å². The van der Waals surface area contributed by atoms with Crippen molar-refractivity contribution in [3.63, 3.8) is 0 Å². The van der Waals surface area contributed by atoms with E-state index in [2.05, 4.69) is 15.5 Å². The first-order valence-electron chi connectivity index (χ1n) is 4.64. The third-order valence-electron chi connectivity index (χ3n) is 1.74. The van der Waals surface area contributed by atoms with Gasteiger partial charge in [-0.15, -0.1) is 10.2 Å². The molecule has 0 aliphatic rings. The molecule has 0 radical (unpaired) electrons. The predicted octanol–water partition coefficient (Wildman–Crippen LogP) is 3.55. The number of anilines is 2. The highest BCUT2D eigenvalue weighted by atomic mass is 35.5. The van der Waals surface area contributed by atoms with Crippen LogP contribution in [0.5, 0.6) is 0 Å². The Kier molecular flexibility index (Phi) is 4.20. The molecule has 1 aromatic carbocycles. The largest absolute Gasteiger partial charge is 0.330 e. The van der Waals surface area contributed by atoms with Crippen LogP contribution in [0.2, 0.25) is 5.02 Å². The average Bonchev–Trinajstić information content (AvgIpc) is 2.74. The van der Waals surface area contributed by atoms with Gasteiger partial charge in [0.25, 0.3) is 0 Å². The number of aromatic nitrogens is 2. The lowest BCUT2D eigenvalue weighted by molar-refractivity contribution is 1.01. The molecular formula is C10H7ClN4S2. The van der Waals surface area contributed by atoms with E-state index in [4.69, 9.17) is 16.9 Å². The van der Waals surface area contributed by atoms with Gasteiger partial charge in [0.1, 0.15) is 0 Å². The van der Waals surface area contributed by atoms with Gasteiger partial charge < -0.3 is 5.32 Å². The SMILES string of the molecule is N#CCSc1nnc(Nc2cccc(Cl)c2)s1. The normalized spacial score (nSPS) is 9.88. The first-order valence-corrected chi connectivity index (χ1v) is 6.82. The monoisotopic (exact) mass is 282 g/mol. The number of benzene rings is 1. The highest BCUT2D eigenvalue weighted by Gasteiger charge is 2.04. The van der Waals surface area contributed by atoms with Gasteiger partial charge in [-0.2, -0.15) is 5.26 Å². The summed E-state index contributed by atoms with van der Waals surface area (Å²) in [5.74, 6) is 0.381. The summed E-state index contributed by atoms with van der Waals surface area (Å²) in [6.07, 6.45) is 0. The number of halogens is 1. The summed E-state index contributed by atoms with van der Waals surface area (Å²) in [4.78, 5) is 0. The molecule has 0 bridgehead atoms. The smallest absolute Gasteiger partial charge is 0.210 e. The Balaban J connectivity index is 2.04. The van der Waals surface area contributed by atoms with E-state index >= 15 is 0 Å². The maximum Gasteiger partial charge on any atom is 0.210 e. The lowest BCUT2D eigenvalue weighted by Crippen LogP contribution is -1.88. The van der Waals surface area contributed by atoms with Crippen molar-refractivity contribution in [3.05, 3.63) is 29.3 Å². The number of nitriles is 1. The molecule has 86 valence electrons. The molecule has 1 heterocycles. The van der Waals surface area contributed by atoms with Crippen LogP contribution in [0.4, 0.5) is 10.8 Å². The Morgan fingerprint density at radius 1 is 1.47 bits per heavy atom. The van der Waals surface area contributed by atoms with Gasteiger partial charge in [0.2, 0.25) is 5.13 Å². The van der Waals surface area contributed by atoms with Gasteiger partial charge in [-0.3, -0.25) is 0 Å². The predicted molar refractivity (Wildman–Crippen MR) is 71.0 cm³/mol. The number of hydrogen-bond donors (Lipinski definition) is 1. The Labute approximate surface area is 112 Å². The highest BCUT2D eigenvalue weighted by Crippen LogP contribution is 2.27. The summed E-state index contributed by atoms with van der Waals surface area (Å²) in [6.45, 7) is 0. The van der Waals surface area contributed by atoms with Crippen LogP contribution in [-0.2, 0) is 0 Å². The number of nitrogens with zero attached hydrogens (tertiary/aromatic N) is 3. The van der Waals surface area contributed by atoms with E-state index in [1.54, 1.807) is 6.07 Å². The van der Waals surface area contributed by atoms with Crippen molar-refractivity contribution in [2.45, 2.75) is 4.34 Å². The summed E-state index contributed by atoms with van der Waals surface area (Å²) in [7, 11) is 0. The molecule has 17 heavy (non-hydrogen) atoms.